The van der Waals surface area contributed by atoms with Gasteiger partial charge in [0.15, 0.2) is 0 Å². The summed E-state index contributed by atoms with van der Waals surface area (Å²) in [6, 6.07) is 6.00. The van der Waals surface area contributed by atoms with E-state index in [1.807, 2.05) is 24.0 Å². The van der Waals surface area contributed by atoms with Crippen LogP contribution in [0.1, 0.15) is 11.1 Å². The molecule has 4 nitrogen and oxygen atoms in total. The van der Waals surface area contributed by atoms with Gasteiger partial charge in [-0.2, -0.15) is 0 Å². The van der Waals surface area contributed by atoms with Crippen molar-refractivity contribution in [3.63, 3.8) is 0 Å². The number of benzene rings is 1. The molecule has 1 aliphatic rings. The zero-order valence-electron chi connectivity index (χ0n) is 11.4. The molecule has 0 saturated carbocycles. The highest BCUT2D eigenvalue weighted by Gasteiger charge is 2.19. The van der Waals surface area contributed by atoms with Crippen molar-refractivity contribution in [3.05, 3.63) is 29.3 Å². The molecule has 0 radical (unpaired) electrons. The van der Waals surface area contributed by atoms with Gasteiger partial charge in [0.1, 0.15) is 0 Å². The van der Waals surface area contributed by atoms with E-state index >= 15 is 0 Å². The number of urea groups is 1. The second-order valence-corrected chi connectivity index (χ2v) is 4.97. The molecular formula is C14H21N3O. The predicted octanol–water partition coefficient (Wildman–Crippen LogP) is 2.08. The van der Waals surface area contributed by atoms with E-state index < -0.39 is 0 Å². The van der Waals surface area contributed by atoms with Gasteiger partial charge < -0.3 is 15.1 Å². The standard InChI is InChI=1S/C14H21N3O/c1-11-5-4-6-13(12(11)2)15-14(18)17-9-7-16(3)8-10-17/h4-6H,7-10H2,1-3H3,(H,15,18). The first-order chi connectivity index (χ1) is 8.58. The van der Waals surface area contributed by atoms with E-state index in [2.05, 4.69) is 30.3 Å². The molecule has 0 aromatic heterocycles. The van der Waals surface area contributed by atoms with Crippen molar-refractivity contribution in [2.45, 2.75) is 13.8 Å². The van der Waals surface area contributed by atoms with Gasteiger partial charge in [0, 0.05) is 31.9 Å². The Morgan fingerprint density at radius 2 is 1.83 bits per heavy atom. The summed E-state index contributed by atoms with van der Waals surface area (Å²) in [6.45, 7) is 7.58. The van der Waals surface area contributed by atoms with Gasteiger partial charge in [0.2, 0.25) is 0 Å². The van der Waals surface area contributed by atoms with Crippen molar-refractivity contribution in [2.75, 3.05) is 38.5 Å². The van der Waals surface area contributed by atoms with Crippen molar-refractivity contribution < 1.29 is 4.79 Å². The fourth-order valence-electron chi connectivity index (χ4n) is 2.09. The molecule has 1 fully saturated rings. The lowest BCUT2D eigenvalue weighted by Gasteiger charge is -2.32. The first kappa shape index (κ1) is 12.9. The van der Waals surface area contributed by atoms with Gasteiger partial charge in [-0.05, 0) is 38.1 Å². The van der Waals surface area contributed by atoms with E-state index in [0.717, 1.165) is 37.4 Å². The van der Waals surface area contributed by atoms with Crippen LogP contribution < -0.4 is 5.32 Å². The predicted molar refractivity (Wildman–Crippen MR) is 74.0 cm³/mol. The van der Waals surface area contributed by atoms with Crippen LogP contribution >= 0.6 is 0 Å². The number of anilines is 1. The highest BCUT2D eigenvalue weighted by atomic mass is 16.2. The number of carbonyl (C=O) groups excluding carboxylic acids is 1. The number of nitrogens with one attached hydrogen (secondary N) is 1. The van der Waals surface area contributed by atoms with Gasteiger partial charge in [-0.25, -0.2) is 4.79 Å². The molecule has 98 valence electrons. The van der Waals surface area contributed by atoms with Crippen LogP contribution in [0.5, 0.6) is 0 Å². The Balaban J connectivity index is 2.01. The third-order valence-corrected chi connectivity index (χ3v) is 3.64. The molecule has 0 atom stereocenters. The zero-order valence-corrected chi connectivity index (χ0v) is 11.4. The highest BCUT2D eigenvalue weighted by molar-refractivity contribution is 5.90. The first-order valence-corrected chi connectivity index (χ1v) is 6.38. The first-order valence-electron chi connectivity index (χ1n) is 6.38. The van der Waals surface area contributed by atoms with Crippen LogP contribution in [0.15, 0.2) is 18.2 Å². The molecule has 2 rings (SSSR count). The second-order valence-electron chi connectivity index (χ2n) is 4.97. The number of nitrogens with zero attached hydrogens (tertiary/aromatic N) is 2. The molecule has 0 spiro atoms. The summed E-state index contributed by atoms with van der Waals surface area (Å²) in [4.78, 5) is 16.2. The largest absolute Gasteiger partial charge is 0.322 e. The van der Waals surface area contributed by atoms with Crippen molar-refractivity contribution in [2.24, 2.45) is 0 Å². The summed E-state index contributed by atoms with van der Waals surface area (Å²) in [5.41, 5.74) is 3.25. The van der Waals surface area contributed by atoms with E-state index in [1.54, 1.807) is 0 Å². The fraction of sp³-hybridized carbons (Fsp3) is 0.500. The molecule has 18 heavy (non-hydrogen) atoms. The summed E-state index contributed by atoms with van der Waals surface area (Å²) < 4.78 is 0. The Morgan fingerprint density at radius 3 is 2.50 bits per heavy atom. The summed E-state index contributed by atoms with van der Waals surface area (Å²) in [7, 11) is 2.08. The normalized spacial score (nSPS) is 16.7. The molecule has 1 aromatic carbocycles. The van der Waals surface area contributed by atoms with Crippen LogP contribution in [0.2, 0.25) is 0 Å². The number of amides is 2. The molecule has 1 heterocycles. The zero-order chi connectivity index (χ0) is 13.1. The maximum atomic E-state index is 12.1. The van der Waals surface area contributed by atoms with Crippen LogP contribution in [0.3, 0.4) is 0 Å². The Kier molecular flexibility index (Phi) is 3.87. The molecular weight excluding hydrogens is 226 g/mol. The lowest BCUT2D eigenvalue weighted by atomic mass is 10.1. The van der Waals surface area contributed by atoms with Crippen LogP contribution in [0.4, 0.5) is 10.5 Å². The molecule has 2 amide bonds. The molecule has 1 aromatic rings. The number of carbonyl (C=O) groups is 1. The fourth-order valence-corrected chi connectivity index (χ4v) is 2.09. The van der Waals surface area contributed by atoms with Gasteiger partial charge in [-0.3, -0.25) is 0 Å². The number of hydrogen-bond donors (Lipinski definition) is 1. The van der Waals surface area contributed by atoms with E-state index in [0.29, 0.717) is 0 Å². The van der Waals surface area contributed by atoms with Crippen LogP contribution in [-0.2, 0) is 0 Å². The van der Waals surface area contributed by atoms with Crippen molar-refractivity contribution >= 4 is 11.7 Å². The summed E-state index contributed by atoms with van der Waals surface area (Å²) in [6.07, 6.45) is 0. The lowest BCUT2D eigenvalue weighted by Crippen LogP contribution is -2.48. The third-order valence-electron chi connectivity index (χ3n) is 3.64. The minimum atomic E-state index is 0.0109. The number of aryl methyl sites for hydroxylation is 1. The van der Waals surface area contributed by atoms with Gasteiger partial charge >= 0.3 is 6.03 Å². The van der Waals surface area contributed by atoms with Crippen LogP contribution in [0.25, 0.3) is 0 Å². The van der Waals surface area contributed by atoms with Gasteiger partial charge in [0.25, 0.3) is 0 Å². The summed E-state index contributed by atoms with van der Waals surface area (Å²) in [5, 5.41) is 3.00. The maximum Gasteiger partial charge on any atom is 0.321 e. The SMILES string of the molecule is Cc1cccc(NC(=O)N2CCN(C)CC2)c1C. The average molecular weight is 247 g/mol. The minimum Gasteiger partial charge on any atom is -0.322 e. The van der Waals surface area contributed by atoms with Gasteiger partial charge in [-0.15, -0.1) is 0 Å². The Morgan fingerprint density at radius 1 is 1.17 bits per heavy atom. The lowest BCUT2D eigenvalue weighted by molar-refractivity contribution is 0.164. The van der Waals surface area contributed by atoms with E-state index in [1.165, 1.54) is 5.56 Å². The molecule has 0 aliphatic carbocycles. The van der Waals surface area contributed by atoms with Crippen LogP contribution in [-0.4, -0.2) is 49.1 Å². The van der Waals surface area contributed by atoms with Gasteiger partial charge in [-0.1, -0.05) is 12.1 Å². The topological polar surface area (TPSA) is 35.6 Å². The quantitative estimate of drug-likeness (QED) is 0.824. The Bertz CT molecular complexity index is 437. The highest BCUT2D eigenvalue weighted by Crippen LogP contribution is 2.18. The molecule has 1 saturated heterocycles. The summed E-state index contributed by atoms with van der Waals surface area (Å²) >= 11 is 0. The molecule has 0 unspecified atom stereocenters. The Labute approximate surface area is 109 Å². The molecule has 4 heteroatoms. The Hall–Kier alpha value is -1.55. The molecule has 1 N–H and O–H groups in total. The van der Waals surface area contributed by atoms with Crippen molar-refractivity contribution in [3.8, 4) is 0 Å². The number of likely N-dealkylation sites (N-methyl/N-ethyl adjacent to an activating group) is 1. The monoisotopic (exact) mass is 247 g/mol. The van der Waals surface area contributed by atoms with Crippen LogP contribution in [0, 0.1) is 13.8 Å². The molecule has 0 bridgehead atoms. The smallest absolute Gasteiger partial charge is 0.321 e. The number of rotatable bonds is 1. The second kappa shape index (κ2) is 5.40. The van der Waals surface area contributed by atoms with Crippen molar-refractivity contribution in [1.82, 2.24) is 9.80 Å². The molecule has 1 aliphatic heterocycles. The number of hydrogen-bond acceptors (Lipinski definition) is 2. The summed E-state index contributed by atoms with van der Waals surface area (Å²) in [5.74, 6) is 0. The van der Waals surface area contributed by atoms with E-state index in [4.69, 9.17) is 0 Å². The van der Waals surface area contributed by atoms with Gasteiger partial charge in [0.05, 0.1) is 0 Å². The average Bonchev–Trinajstić information content (AvgIpc) is 2.36. The maximum absolute atomic E-state index is 12.1. The van der Waals surface area contributed by atoms with E-state index in [9.17, 15) is 4.79 Å². The van der Waals surface area contributed by atoms with Crippen molar-refractivity contribution in [1.29, 1.82) is 0 Å². The minimum absolute atomic E-state index is 0.0109. The third kappa shape index (κ3) is 2.82. The number of piperazine rings is 1. The van der Waals surface area contributed by atoms with E-state index in [-0.39, 0.29) is 6.03 Å².